The van der Waals surface area contributed by atoms with Gasteiger partial charge in [0.25, 0.3) is 0 Å². The molecule has 0 aromatic heterocycles. The molecular formula is C23H31F6N3O2. The van der Waals surface area contributed by atoms with Crippen molar-refractivity contribution in [2.24, 2.45) is 5.92 Å². The number of anilines is 1. The fraction of sp³-hybridized carbons (Fsp3) is 0.696. The van der Waals surface area contributed by atoms with Gasteiger partial charge in [0.05, 0.1) is 11.1 Å². The van der Waals surface area contributed by atoms with Crippen LogP contribution in [0.25, 0.3) is 0 Å². The van der Waals surface area contributed by atoms with E-state index in [1.165, 1.54) is 7.11 Å². The summed E-state index contributed by atoms with van der Waals surface area (Å²) in [6.07, 6.45) is -4.83. The van der Waals surface area contributed by atoms with Crippen molar-refractivity contribution in [3.8, 4) is 0 Å². The molecule has 0 radical (unpaired) electrons. The van der Waals surface area contributed by atoms with Crippen molar-refractivity contribution in [2.75, 3.05) is 51.3 Å². The Balaban J connectivity index is 1.47. The van der Waals surface area contributed by atoms with Crippen LogP contribution >= 0.6 is 0 Å². The van der Waals surface area contributed by atoms with Crippen molar-refractivity contribution in [3.63, 3.8) is 0 Å². The van der Waals surface area contributed by atoms with Crippen LogP contribution in [0.4, 0.5) is 32.0 Å². The number of carbonyl (C=O) groups is 1. The molecule has 0 atom stereocenters. The van der Waals surface area contributed by atoms with E-state index in [0.29, 0.717) is 32.1 Å². The summed E-state index contributed by atoms with van der Waals surface area (Å²) >= 11 is 0. The number of piperazine rings is 1. The third kappa shape index (κ3) is 7.49. The number of ether oxygens (including phenoxy) is 1. The molecule has 1 N–H and O–H groups in total. The van der Waals surface area contributed by atoms with Crippen molar-refractivity contribution in [1.82, 2.24) is 10.2 Å². The second-order valence-corrected chi connectivity index (χ2v) is 9.10. The fourth-order valence-electron chi connectivity index (χ4n) is 4.71. The highest BCUT2D eigenvalue weighted by Crippen LogP contribution is 2.38. The first-order chi connectivity index (χ1) is 16.0. The van der Waals surface area contributed by atoms with Crippen molar-refractivity contribution < 1.29 is 35.9 Å². The molecule has 2 aliphatic rings. The topological polar surface area (TPSA) is 44.8 Å². The van der Waals surface area contributed by atoms with Gasteiger partial charge in [0.15, 0.2) is 0 Å². The highest BCUT2D eigenvalue weighted by molar-refractivity contribution is 5.77. The number of carbonyl (C=O) groups excluding carboxylic acids is 1. The van der Waals surface area contributed by atoms with Gasteiger partial charge in [-0.1, -0.05) is 0 Å². The van der Waals surface area contributed by atoms with Gasteiger partial charge in [-0.25, -0.2) is 0 Å². The van der Waals surface area contributed by atoms with Gasteiger partial charge in [-0.2, -0.15) is 26.3 Å². The molecule has 0 bridgehead atoms. The molecule has 1 aliphatic heterocycles. The Bertz CT molecular complexity index is 782. The molecule has 11 heteroatoms. The van der Waals surface area contributed by atoms with Gasteiger partial charge < -0.3 is 15.0 Å². The summed E-state index contributed by atoms with van der Waals surface area (Å²) in [4.78, 5) is 15.4. The quantitative estimate of drug-likeness (QED) is 0.564. The first-order valence-corrected chi connectivity index (χ1v) is 11.5. The van der Waals surface area contributed by atoms with Crippen LogP contribution in [-0.2, 0) is 21.9 Å². The molecule has 1 heterocycles. The predicted molar refractivity (Wildman–Crippen MR) is 115 cm³/mol. The molecule has 192 valence electrons. The van der Waals surface area contributed by atoms with Gasteiger partial charge in [-0.3, -0.25) is 9.69 Å². The molecule has 1 aromatic rings. The minimum absolute atomic E-state index is 0.0457. The molecule has 0 unspecified atom stereocenters. The van der Waals surface area contributed by atoms with Gasteiger partial charge in [0, 0.05) is 45.0 Å². The zero-order valence-electron chi connectivity index (χ0n) is 19.1. The highest BCUT2D eigenvalue weighted by Gasteiger charge is 2.37. The number of hydrogen-bond donors (Lipinski definition) is 1. The lowest BCUT2D eigenvalue weighted by Crippen LogP contribution is -2.47. The van der Waals surface area contributed by atoms with Crippen molar-refractivity contribution in [3.05, 3.63) is 29.3 Å². The summed E-state index contributed by atoms with van der Waals surface area (Å²) in [5.74, 6) is 0.443. The zero-order chi connectivity index (χ0) is 24.9. The summed E-state index contributed by atoms with van der Waals surface area (Å²) in [6, 6.07) is 1.94. The summed E-state index contributed by atoms with van der Waals surface area (Å²) in [5.41, 5.74) is -2.61. The minimum Gasteiger partial charge on any atom is -0.375 e. The van der Waals surface area contributed by atoms with Crippen LogP contribution in [0.3, 0.4) is 0 Å². The van der Waals surface area contributed by atoms with Crippen molar-refractivity contribution >= 4 is 11.6 Å². The zero-order valence-corrected chi connectivity index (χ0v) is 19.1. The van der Waals surface area contributed by atoms with Crippen LogP contribution < -0.4 is 10.2 Å². The standard InChI is InChI=1S/C23H31F6N3O2/c1-34-15-21(33)30-19-4-2-16(3-5-19)6-7-31-8-10-32(11-9-31)20-13-17(22(24,25)26)12-18(14-20)23(27,28)29/h12-14,16,19H,2-11,15H2,1H3,(H,30,33). The van der Waals surface area contributed by atoms with Crippen LogP contribution in [0.2, 0.25) is 0 Å². The highest BCUT2D eigenvalue weighted by atomic mass is 19.4. The molecule has 1 saturated heterocycles. The molecule has 1 aromatic carbocycles. The normalized spacial score (nSPS) is 22.6. The summed E-state index contributed by atoms with van der Waals surface area (Å²) < 4.78 is 83.7. The molecule has 2 fully saturated rings. The number of rotatable bonds is 7. The van der Waals surface area contributed by atoms with Crippen molar-refractivity contribution in [1.29, 1.82) is 0 Å². The summed E-state index contributed by atoms with van der Waals surface area (Å²) in [5, 5.41) is 2.97. The third-order valence-corrected chi connectivity index (χ3v) is 6.65. The minimum atomic E-state index is -4.84. The number of hydrogen-bond acceptors (Lipinski definition) is 4. The van der Waals surface area contributed by atoms with E-state index < -0.39 is 23.5 Å². The maximum atomic E-state index is 13.1. The number of methoxy groups -OCH3 is 1. The Labute approximate surface area is 195 Å². The van der Waals surface area contributed by atoms with Crippen LogP contribution in [0.1, 0.15) is 43.2 Å². The van der Waals surface area contributed by atoms with E-state index in [1.54, 1.807) is 4.90 Å². The first kappa shape index (κ1) is 26.6. The first-order valence-electron chi connectivity index (χ1n) is 11.5. The van der Waals surface area contributed by atoms with E-state index in [9.17, 15) is 31.1 Å². The number of alkyl halides is 6. The number of halogens is 6. The number of nitrogens with one attached hydrogen (secondary N) is 1. The van der Waals surface area contributed by atoms with E-state index >= 15 is 0 Å². The molecule has 5 nitrogen and oxygen atoms in total. The Kier molecular flexibility index (Phi) is 8.72. The largest absolute Gasteiger partial charge is 0.416 e. The molecule has 1 saturated carbocycles. The predicted octanol–water partition coefficient (Wildman–Crippen LogP) is 4.56. The van der Waals surface area contributed by atoms with Gasteiger partial charge in [-0.05, 0) is 62.8 Å². The van der Waals surface area contributed by atoms with Crippen LogP contribution in [0, 0.1) is 5.92 Å². The second-order valence-electron chi connectivity index (χ2n) is 9.10. The molecule has 1 amide bonds. The number of benzene rings is 1. The maximum Gasteiger partial charge on any atom is 0.416 e. The Morgan fingerprint density at radius 2 is 1.50 bits per heavy atom. The summed E-state index contributed by atoms with van der Waals surface area (Å²) in [7, 11) is 1.48. The Morgan fingerprint density at radius 3 is 2.00 bits per heavy atom. The molecular weight excluding hydrogens is 464 g/mol. The molecule has 0 spiro atoms. The molecule has 34 heavy (non-hydrogen) atoms. The monoisotopic (exact) mass is 495 g/mol. The molecule has 1 aliphatic carbocycles. The second kappa shape index (κ2) is 11.2. The SMILES string of the molecule is COCC(=O)NC1CCC(CCN2CCN(c3cc(C(F)(F)F)cc(C(F)(F)F)c3)CC2)CC1. The Morgan fingerprint density at radius 1 is 0.941 bits per heavy atom. The van der Waals surface area contributed by atoms with E-state index in [1.807, 2.05) is 0 Å². The maximum absolute atomic E-state index is 13.1. The lowest BCUT2D eigenvalue weighted by atomic mass is 9.84. The molecule has 3 rings (SSSR count). The van der Waals surface area contributed by atoms with Crippen molar-refractivity contribution in [2.45, 2.75) is 50.5 Å². The Hall–Kier alpha value is -2.01. The fourth-order valence-corrected chi connectivity index (χ4v) is 4.71. The van der Waals surface area contributed by atoms with Gasteiger partial charge in [0.2, 0.25) is 5.91 Å². The van der Waals surface area contributed by atoms with Gasteiger partial charge in [0.1, 0.15) is 6.61 Å². The van der Waals surface area contributed by atoms with Crippen LogP contribution in [0.5, 0.6) is 0 Å². The van der Waals surface area contributed by atoms with E-state index in [4.69, 9.17) is 4.74 Å². The van der Waals surface area contributed by atoms with E-state index in [0.717, 1.165) is 50.8 Å². The van der Waals surface area contributed by atoms with Crippen LogP contribution in [-0.4, -0.2) is 63.3 Å². The smallest absolute Gasteiger partial charge is 0.375 e. The van der Waals surface area contributed by atoms with Gasteiger partial charge in [-0.15, -0.1) is 0 Å². The van der Waals surface area contributed by atoms with E-state index in [2.05, 4.69) is 10.2 Å². The van der Waals surface area contributed by atoms with E-state index in [-0.39, 0.29) is 30.3 Å². The van der Waals surface area contributed by atoms with Gasteiger partial charge >= 0.3 is 12.4 Å². The lowest BCUT2D eigenvalue weighted by molar-refractivity contribution is -0.143. The number of nitrogens with zero attached hydrogens (tertiary/aromatic N) is 2. The van der Waals surface area contributed by atoms with Crippen LogP contribution in [0.15, 0.2) is 18.2 Å². The average Bonchev–Trinajstić information content (AvgIpc) is 2.78. The summed E-state index contributed by atoms with van der Waals surface area (Å²) in [6.45, 7) is 2.81. The third-order valence-electron chi connectivity index (χ3n) is 6.65. The lowest BCUT2D eigenvalue weighted by Gasteiger charge is -2.37. The number of amides is 1. The average molecular weight is 496 g/mol.